The maximum atomic E-state index is 5.97. The molecule has 0 aliphatic rings. The Morgan fingerprint density at radius 2 is 1.48 bits per heavy atom. The van der Waals surface area contributed by atoms with Crippen LogP contribution < -0.4 is 19.9 Å². The maximum absolute atomic E-state index is 5.97. The van der Waals surface area contributed by atoms with Crippen LogP contribution in [0.4, 0.5) is 5.95 Å². The summed E-state index contributed by atoms with van der Waals surface area (Å²) in [5.41, 5.74) is 10.2. The number of methoxy groups -OCH3 is 3. The number of nitrogen functional groups attached to an aromatic ring is 1. The van der Waals surface area contributed by atoms with Gasteiger partial charge < -0.3 is 19.9 Å². The highest BCUT2D eigenvalue weighted by molar-refractivity contribution is 5.96. The van der Waals surface area contributed by atoms with Crippen molar-refractivity contribution < 1.29 is 14.2 Å². The monoisotopic (exact) mass is 388 g/mol. The summed E-state index contributed by atoms with van der Waals surface area (Å²) in [4.78, 5) is 13.2. The molecule has 0 aliphatic carbocycles. The third-order valence-electron chi connectivity index (χ3n) is 4.65. The van der Waals surface area contributed by atoms with Gasteiger partial charge in [0.1, 0.15) is 0 Å². The van der Waals surface area contributed by atoms with Gasteiger partial charge >= 0.3 is 0 Å². The quantitative estimate of drug-likeness (QED) is 0.553. The lowest BCUT2D eigenvalue weighted by Crippen LogP contribution is -1.99. The van der Waals surface area contributed by atoms with Crippen molar-refractivity contribution >= 4 is 16.9 Å². The summed E-state index contributed by atoms with van der Waals surface area (Å²) in [7, 11) is 4.79. The number of hydrogen-bond acceptors (Lipinski definition) is 7. The van der Waals surface area contributed by atoms with Crippen molar-refractivity contribution in [2.75, 3.05) is 27.1 Å². The number of nitrogens with zero attached hydrogens (tertiary/aromatic N) is 3. The van der Waals surface area contributed by atoms with Crippen molar-refractivity contribution in [3.8, 4) is 39.8 Å². The van der Waals surface area contributed by atoms with Crippen LogP contribution in [-0.4, -0.2) is 36.3 Å². The molecule has 146 valence electrons. The molecular formula is C22H20N4O3. The van der Waals surface area contributed by atoms with E-state index >= 15 is 0 Å². The Hall–Kier alpha value is -3.87. The van der Waals surface area contributed by atoms with E-state index in [1.165, 1.54) is 0 Å². The number of rotatable bonds is 5. The Kier molecular flexibility index (Phi) is 4.87. The molecular weight excluding hydrogens is 368 g/mol. The molecule has 0 aliphatic heterocycles. The van der Waals surface area contributed by atoms with Crippen LogP contribution in [0.2, 0.25) is 0 Å². The Bertz CT molecular complexity index is 1180. The minimum Gasteiger partial charge on any atom is -0.493 e. The van der Waals surface area contributed by atoms with Crippen LogP contribution in [0.1, 0.15) is 0 Å². The number of nitrogens with two attached hydrogens (primary N) is 1. The molecule has 2 aromatic heterocycles. The lowest BCUT2D eigenvalue weighted by molar-refractivity contribution is 0.355. The molecule has 2 N–H and O–H groups in total. The van der Waals surface area contributed by atoms with Gasteiger partial charge in [0.15, 0.2) is 11.5 Å². The first-order valence-electron chi connectivity index (χ1n) is 8.93. The summed E-state index contributed by atoms with van der Waals surface area (Å²) in [5, 5.41) is 0.875. The van der Waals surface area contributed by atoms with Crippen molar-refractivity contribution in [3.05, 3.63) is 54.7 Å². The largest absolute Gasteiger partial charge is 0.493 e. The van der Waals surface area contributed by atoms with Gasteiger partial charge in [0.25, 0.3) is 0 Å². The SMILES string of the molecule is COc1ccc(-c2ccc3nc(N)nc(-c4ccc(OC)c(OC)c4)c3c2)cn1. The van der Waals surface area contributed by atoms with E-state index in [1.807, 2.05) is 48.5 Å². The molecule has 0 unspecified atom stereocenters. The van der Waals surface area contributed by atoms with E-state index in [0.717, 1.165) is 33.3 Å². The highest BCUT2D eigenvalue weighted by atomic mass is 16.5. The van der Waals surface area contributed by atoms with Gasteiger partial charge in [0.05, 0.1) is 32.5 Å². The topological polar surface area (TPSA) is 92.4 Å². The second kappa shape index (κ2) is 7.63. The maximum Gasteiger partial charge on any atom is 0.221 e. The van der Waals surface area contributed by atoms with Crippen LogP contribution >= 0.6 is 0 Å². The van der Waals surface area contributed by atoms with Crippen LogP contribution in [0.5, 0.6) is 17.4 Å². The predicted octanol–water partition coefficient (Wildman–Crippen LogP) is 3.97. The van der Waals surface area contributed by atoms with Crippen molar-refractivity contribution in [1.82, 2.24) is 15.0 Å². The fourth-order valence-electron chi connectivity index (χ4n) is 3.20. The van der Waals surface area contributed by atoms with E-state index in [4.69, 9.17) is 19.9 Å². The van der Waals surface area contributed by atoms with E-state index < -0.39 is 0 Å². The zero-order chi connectivity index (χ0) is 20.4. The van der Waals surface area contributed by atoms with Crippen molar-refractivity contribution in [3.63, 3.8) is 0 Å². The minimum absolute atomic E-state index is 0.209. The summed E-state index contributed by atoms with van der Waals surface area (Å²) < 4.78 is 15.9. The standard InChI is InChI=1S/C22H20N4O3/c1-27-18-8-5-14(11-19(18)28-2)21-16-10-13(4-7-17(16)25-22(23)26-21)15-6-9-20(29-3)24-12-15/h4-12H,1-3H3,(H2,23,25,26). The normalized spacial score (nSPS) is 10.7. The van der Waals surface area contributed by atoms with Crippen molar-refractivity contribution in [2.45, 2.75) is 0 Å². The highest BCUT2D eigenvalue weighted by Gasteiger charge is 2.13. The van der Waals surface area contributed by atoms with Gasteiger partial charge in [0.2, 0.25) is 11.8 Å². The third kappa shape index (κ3) is 3.50. The number of ether oxygens (including phenoxy) is 3. The summed E-state index contributed by atoms with van der Waals surface area (Å²) in [5.74, 6) is 2.04. The average Bonchev–Trinajstić information content (AvgIpc) is 2.77. The van der Waals surface area contributed by atoms with Gasteiger partial charge in [-0.05, 0) is 42.0 Å². The van der Waals surface area contributed by atoms with Gasteiger partial charge in [-0.3, -0.25) is 0 Å². The molecule has 0 spiro atoms. The Morgan fingerprint density at radius 1 is 0.724 bits per heavy atom. The molecule has 4 aromatic rings. The number of hydrogen-bond donors (Lipinski definition) is 1. The summed E-state index contributed by atoms with van der Waals surface area (Å²) in [6.07, 6.45) is 1.77. The number of benzene rings is 2. The van der Waals surface area contributed by atoms with E-state index in [2.05, 4.69) is 15.0 Å². The van der Waals surface area contributed by atoms with Gasteiger partial charge in [-0.1, -0.05) is 6.07 Å². The molecule has 0 amide bonds. The number of aromatic nitrogens is 3. The van der Waals surface area contributed by atoms with E-state index in [-0.39, 0.29) is 5.95 Å². The van der Waals surface area contributed by atoms with Crippen LogP contribution in [0, 0.1) is 0 Å². The molecule has 0 atom stereocenters. The first kappa shape index (κ1) is 18.5. The lowest BCUT2D eigenvalue weighted by atomic mass is 10.0. The molecule has 2 aromatic carbocycles. The molecule has 0 saturated heterocycles. The smallest absolute Gasteiger partial charge is 0.221 e. The van der Waals surface area contributed by atoms with E-state index in [1.54, 1.807) is 27.5 Å². The van der Waals surface area contributed by atoms with Crippen molar-refractivity contribution in [1.29, 1.82) is 0 Å². The fourth-order valence-corrected chi connectivity index (χ4v) is 3.20. The Balaban J connectivity index is 1.89. The molecule has 7 nitrogen and oxygen atoms in total. The molecule has 7 heteroatoms. The number of pyridine rings is 1. The summed E-state index contributed by atoms with van der Waals surface area (Å²) >= 11 is 0. The summed E-state index contributed by atoms with van der Waals surface area (Å²) in [6, 6.07) is 15.4. The second-order valence-corrected chi connectivity index (χ2v) is 6.32. The zero-order valence-electron chi connectivity index (χ0n) is 16.3. The molecule has 2 heterocycles. The van der Waals surface area contributed by atoms with Gasteiger partial charge in [-0.2, -0.15) is 0 Å². The molecule has 0 bridgehead atoms. The van der Waals surface area contributed by atoms with Crippen LogP contribution in [-0.2, 0) is 0 Å². The Labute approximate surface area is 168 Å². The van der Waals surface area contributed by atoms with E-state index in [0.29, 0.717) is 17.4 Å². The lowest BCUT2D eigenvalue weighted by Gasteiger charge is -2.12. The number of fused-ring (bicyclic) bond motifs is 1. The molecule has 0 fully saturated rings. The third-order valence-corrected chi connectivity index (χ3v) is 4.65. The zero-order valence-corrected chi connectivity index (χ0v) is 16.3. The minimum atomic E-state index is 0.209. The van der Waals surface area contributed by atoms with Crippen LogP contribution in [0.25, 0.3) is 33.3 Å². The first-order chi connectivity index (χ1) is 14.1. The number of anilines is 1. The van der Waals surface area contributed by atoms with Gasteiger partial charge in [-0.25, -0.2) is 15.0 Å². The van der Waals surface area contributed by atoms with Gasteiger partial charge in [-0.15, -0.1) is 0 Å². The van der Waals surface area contributed by atoms with Gasteiger partial charge in [0, 0.05) is 28.8 Å². The fraction of sp³-hybridized carbons (Fsp3) is 0.136. The van der Waals surface area contributed by atoms with Crippen LogP contribution in [0.3, 0.4) is 0 Å². The predicted molar refractivity (Wildman–Crippen MR) is 112 cm³/mol. The molecule has 0 saturated carbocycles. The first-order valence-corrected chi connectivity index (χ1v) is 8.93. The van der Waals surface area contributed by atoms with E-state index in [9.17, 15) is 0 Å². The van der Waals surface area contributed by atoms with Crippen molar-refractivity contribution in [2.24, 2.45) is 0 Å². The highest BCUT2D eigenvalue weighted by Crippen LogP contribution is 2.35. The average molecular weight is 388 g/mol. The molecule has 4 rings (SSSR count). The summed E-state index contributed by atoms with van der Waals surface area (Å²) in [6.45, 7) is 0. The Morgan fingerprint density at radius 3 is 2.17 bits per heavy atom. The van der Waals surface area contributed by atoms with Crippen LogP contribution in [0.15, 0.2) is 54.7 Å². The molecule has 29 heavy (non-hydrogen) atoms. The molecule has 0 radical (unpaired) electrons. The second-order valence-electron chi connectivity index (χ2n) is 6.32.